The molecule has 3 heterocycles. The second-order valence-corrected chi connectivity index (χ2v) is 11.0. The molecule has 1 aromatic carbocycles. The lowest BCUT2D eigenvalue weighted by Crippen LogP contribution is -2.52. The van der Waals surface area contributed by atoms with E-state index in [1.165, 1.54) is 0 Å². The van der Waals surface area contributed by atoms with Crippen LogP contribution in [-0.2, 0) is 4.79 Å². The number of anilines is 1. The summed E-state index contributed by atoms with van der Waals surface area (Å²) in [5.74, 6) is 0.282. The fourth-order valence-corrected chi connectivity index (χ4v) is 6.68. The Morgan fingerprint density at radius 2 is 1.50 bits per heavy atom. The molecule has 4 rings (SSSR count). The Balaban J connectivity index is 1.79. The van der Waals surface area contributed by atoms with Crippen molar-refractivity contribution in [1.82, 2.24) is 4.90 Å². The van der Waals surface area contributed by atoms with E-state index in [2.05, 4.69) is 17.4 Å². The van der Waals surface area contributed by atoms with Crippen molar-refractivity contribution in [3.8, 4) is 5.75 Å². The highest BCUT2D eigenvalue weighted by Gasteiger charge is 2.49. The smallest absolute Gasteiger partial charge is 0.322 e. The largest absolute Gasteiger partial charge is 0.497 e. The highest BCUT2D eigenvalue weighted by Crippen LogP contribution is 2.49. The zero-order chi connectivity index (χ0) is 23.0. The van der Waals surface area contributed by atoms with Gasteiger partial charge >= 0.3 is 6.03 Å². The number of carbonyl (C=O) groups is 2. The molecule has 32 heavy (non-hydrogen) atoms. The number of nitrogens with one attached hydrogen (secondary N) is 1. The van der Waals surface area contributed by atoms with Crippen LogP contribution in [0.1, 0.15) is 45.4 Å². The maximum Gasteiger partial charge on any atom is 0.322 e. The van der Waals surface area contributed by atoms with Gasteiger partial charge in [-0.3, -0.25) is 4.79 Å². The highest BCUT2D eigenvalue weighted by molar-refractivity contribution is 7.12. The summed E-state index contributed by atoms with van der Waals surface area (Å²) in [7, 11) is 1.60. The SMILES string of the molecule is COc1cccc(NC(=O)N2[C@H](c3ccc(C)s3)[C@@H](C)C(=O)[C@@H](C)[C@@H]2c2ccc(C)s2)c1. The van der Waals surface area contributed by atoms with Crippen molar-refractivity contribution >= 4 is 40.2 Å². The number of rotatable bonds is 4. The maximum atomic E-state index is 13.8. The average Bonchev–Trinajstić information content (AvgIpc) is 3.39. The molecule has 0 saturated carbocycles. The monoisotopic (exact) mass is 468 g/mol. The molecule has 0 bridgehead atoms. The van der Waals surface area contributed by atoms with Crippen LogP contribution < -0.4 is 10.1 Å². The molecule has 0 aliphatic carbocycles. The number of hydrogen-bond acceptors (Lipinski definition) is 5. The molecule has 1 aliphatic rings. The topological polar surface area (TPSA) is 58.6 Å². The zero-order valence-corrected chi connectivity index (χ0v) is 20.5. The first-order chi connectivity index (χ1) is 15.3. The van der Waals surface area contributed by atoms with E-state index < -0.39 is 0 Å². The van der Waals surface area contributed by atoms with Crippen LogP contribution in [-0.4, -0.2) is 23.8 Å². The van der Waals surface area contributed by atoms with E-state index in [-0.39, 0.29) is 35.7 Å². The molecule has 5 nitrogen and oxygen atoms in total. The second-order valence-electron chi connectivity index (χ2n) is 8.34. The van der Waals surface area contributed by atoms with Gasteiger partial charge in [0.15, 0.2) is 0 Å². The van der Waals surface area contributed by atoms with Crippen LogP contribution in [0.3, 0.4) is 0 Å². The van der Waals surface area contributed by atoms with Gasteiger partial charge in [-0.1, -0.05) is 19.9 Å². The number of urea groups is 1. The minimum atomic E-state index is -0.324. The van der Waals surface area contributed by atoms with Crippen LogP contribution in [0.4, 0.5) is 10.5 Å². The Labute approximate surface area is 197 Å². The van der Waals surface area contributed by atoms with Crippen molar-refractivity contribution in [2.75, 3.05) is 12.4 Å². The van der Waals surface area contributed by atoms with Crippen LogP contribution >= 0.6 is 22.7 Å². The third kappa shape index (κ3) is 4.19. The van der Waals surface area contributed by atoms with Crippen molar-refractivity contribution in [3.05, 3.63) is 68.0 Å². The van der Waals surface area contributed by atoms with E-state index in [9.17, 15) is 9.59 Å². The summed E-state index contributed by atoms with van der Waals surface area (Å²) in [4.78, 5) is 33.5. The molecule has 168 valence electrons. The molecule has 1 saturated heterocycles. The summed E-state index contributed by atoms with van der Waals surface area (Å²) >= 11 is 3.29. The molecular weight excluding hydrogens is 440 g/mol. The van der Waals surface area contributed by atoms with Gasteiger partial charge in [0.2, 0.25) is 0 Å². The van der Waals surface area contributed by atoms with Crippen LogP contribution in [0.15, 0.2) is 48.5 Å². The number of amides is 2. The number of carbonyl (C=O) groups excluding carboxylic acids is 2. The highest BCUT2D eigenvalue weighted by atomic mass is 32.1. The van der Waals surface area contributed by atoms with Crippen LogP contribution in [0.5, 0.6) is 5.75 Å². The van der Waals surface area contributed by atoms with Crippen molar-refractivity contribution in [3.63, 3.8) is 0 Å². The standard InChI is InChI=1S/C25H28N2O3S2/c1-14-9-11-20(31-14)22-16(3)24(28)17(4)23(21-12-10-15(2)32-21)27(22)25(29)26-18-7-6-8-19(13-18)30-5/h6-13,16-17,22-23H,1-5H3,(H,26,29)/t16-,17+,22+,23-. The molecule has 1 fully saturated rings. The Morgan fingerprint density at radius 3 is 1.97 bits per heavy atom. The fourth-order valence-electron chi connectivity index (χ4n) is 4.51. The molecule has 1 N–H and O–H groups in total. The predicted molar refractivity (Wildman–Crippen MR) is 131 cm³/mol. The fraction of sp³-hybridized carbons (Fsp3) is 0.360. The molecule has 2 amide bonds. The molecule has 7 heteroatoms. The number of thiophene rings is 2. The van der Waals surface area contributed by atoms with Gasteiger partial charge in [-0.05, 0) is 50.2 Å². The van der Waals surface area contributed by atoms with E-state index >= 15 is 0 Å². The van der Waals surface area contributed by atoms with Gasteiger partial charge in [0.05, 0.1) is 19.2 Å². The zero-order valence-electron chi connectivity index (χ0n) is 18.9. The van der Waals surface area contributed by atoms with Gasteiger partial charge in [0, 0.05) is 43.1 Å². The van der Waals surface area contributed by atoms with Gasteiger partial charge in [-0.15, -0.1) is 22.7 Å². The predicted octanol–water partition coefficient (Wildman–Crippen LogP) is 6.61. The molecular formula is C25H28N2O3S2. The van der Waals surface area contributed by atoms with Gasteiger partial charge in [0.25, 0.3) is 0 Å². The summed E-state index contributed by atoms with van der Waals surface area (Å²) < 4.78 is 5.31. The summed E-state index contributed by atoms with van der Waals surface area (Å²) in [5, 5.41) is 3.06. The third-order valence-electron chi connectivity index (χ3n) is 6.10. The number of hydrogen-bond donors (Lipinski definition) is 1. The first kappa shape index (κ1) is 22.6. The van der Waals surface area contributed by atoms with Gasteiger partial charge in [-0.2, -0.15) is 0 Å². The van der Waals surface area contributed by atoms with Gasteiger partial charge in [0.1, 0.15) is 11.5 Å². The number of nitrogens with zero attached hydrogens (tertiary/aromatic N) is 1. The molecule has 1 aliphatic heterocycles. The summed E-state index contributed by atoms with van der Waals surface area (Å²) in [6.07, 6.45) is 0. The maximum absolute atomic E-state index is 13.8. The van der Waals surface area contributed by atoms with E-state index in [1.54, 1.807) is 35.8 Å². The van der Waals surface area contributed by atoms with Crippen molar-refractivity contribution in [1.29, 1.82) is 0 Å². The first-order valence-electron chi connectivity index (χ1n) is 10.7. The Hall–Kier alpha value is -2.64. The van der Waals surface area contributed by atoms with Crippen molar-refractivity contribution < 1.29 is 14.3 Å². The summed E-state index contributed by atoms with van der Waals surface area (Å²) in [6, 6.07) is 14.7. The van der Waals surface area contributed by atoms with E-state index in [1.807, 2.05) is 62.9 Å². The summed E-state index contributed by atoms with van der Waals surface area (Å²) in [5.41, 5.74) is 0.661. The molecule has 4 atom stereocenters. The molecule has 0 unspecified atom stereocenters. The number of Topliss-reactive ketones (excluding diaryl/α,β-unsaturated/α-hetero) is 1. The molecule has 2 aromatic heterocycles. The van der Waals surface area contributed by atoms with Crippen molar-refractivity contribution in [2.24, 2.45) is 11.8 Å². The number of ketones is 1. The van der Waals surface area contributed by atoms with E-state index in [0.29, 0.717) is 11.4 Å². The lowest BCUT2D eigenvalue weighted by molar-refractivity contribution is -0.135. The number of aryl methyl sites for hydroxylation is 2. The van der Waals surface area contributed by atoms with Gasteiger partial charge < -0.3 is 15.0 Å². The number of methoxy groups -OCH3 is 1. The number of likely N-dealkylation sites (tertiary alicyclic amines) is 1. The average molecular weight is 469 g/mol. The normalized spacial score (nSPS) is 23.3. The minimum Gasteiger partial charge on any atom is -0.497 e. The quantitative estimate of drug-likeness (QED) is 0.469. The third-order valence-corrected chi connectivity index (χ3v) is 8.25. The van der Waals surface area contributed by atoms with E-state index in [4.69, 9.17) is 4.74 Å². The second kappa shape index (κ2) is 9.08. The number of piperidine rings is 1. The Kier molecular flexibility index (Phi) is 6.40. The van der Waals surface area contributed by atoms with E-state index in [0.717, 1.165) is 19.5 Å². The molecule has 0 spiro atoms. The lowest BCUT2D eigenvalue weighted by Gasteiger charge is -2.47. The van der Waals surface area contributed by atoms with Crippen LogP contribution in [0.2, 0.25) is 0 Å². The first-order valence-corrected chi connectivity index (χ1v) is 12.3. The number of ether oxygens (including phenoxy) is 1. The molecule has 0 radical (unpaired) electrons. The summed E-state index contributed by atoms with van der Waals surface area (Å²) in [6.45, 7) is 7.99. The van der Waals surface area contributed by atoms with Crippen molar-refractivity contribution in [2.45, 2.75) is 39.8 Å². The lowest BCUT2D eigenvalue weighted by atomic mass is 9.78. The Morgan fingerprint density at radius 1 is 0.938 bits per heavy atom. The minimum absolute atomic E-state index is 0.197. The van der Waals surface area contributed by atoms with Crippen LogP contribution in [0, 0.1) is 25.7 Å². The van der Waals surface area contributed by atoms with Gasteiger partial charge in [-0.25, -0.2) is 4.79 Å². The molecule has 3 aromatic rings. The Bertz CT molecular complexity index is 1080. The van der Waals surface area contributed by atoms with Crippen LogP contribution in [0.25, 0.3) is 0 Å². The number of benzene rings is 1.